The molecule has 0 heterocycles. The molecule has 0 spiro atoms. The summed E-state index contributed by atoms with van der Waals surface area (Å²) in [6.07, 6.45) is 90.0. The zero-order valence-corrected chi connectivity index (χ0v) is 55.3. The van der Waals surface area contributed by atoms with Gasteiger partial charge in [-0.2, -0.15) is 0 Å². The van der Waals surface area contributed by atoms with E-state index in [-0.39, 0.29) is 31.1 Å². The molecule has 0 radical (unpaired) electrons. The van der Waals surface area contributed by atoms with E-state index in [2.05, 4.69) is 69.4 Å². The standard InChI is InChI=1S/C76H140O6/c1-4-7-10-13-16-19-22-25-28-31-33-35-36-37-38-39-40-42-43-45-48-51-54-57-60-63-66-69-75(78)81-72-73(71-80-74(77)68-65-62-59-56-53-50-47-30-27-24-21-18-15-12-9-6-3)82-76(79)70-67-64-61-58-55-52-49-46-44-41-34-32-29-26-23-20-17-14-11-8-5-2/h21-22,24-25,30-31,33,47,73H,4-20,23,26-29,32,34-46,48-72H2,1-3H3/b24-21-,25-22-,33-31-,47-30-. The Kier molecular flexibility index (Phi) is 68.6. The lowest BCUT2D eigenvalue weighted by atomic mass is 10.0. The molecule has 0 saturated carbocycles. The van der Waals surface area contributed by atoms with Crippen LogP contribution in [-0.4, -0.2) is 37.2 Å². The molecule has 0 bridgehead atoms. The van der Waals surface area contributed by atoms with Gasteiger partial charge < -0.3 is 14.2 Å². The highest BCUT2D eigenvalue weighted by Crippen LogP contribution is 2.18. The molecule has 1 unspecified atom stereocenters. The van der Waals surface area contributed by atoms with Gasteiger partial charge >= 0.3 is 17.9 Å². The average Bonchev–Trinajstić information content (AvgIpc) is 3.47. The van der Waals surface area contributed by atoms with Gasteiger partial charge in [-0.25, -0.2) is 0 Å². The van der Waals surface area contributed by atoms with Crippen molar-refractivity contribution in [1.29, 1.82) is 0 Å². The van der Waals surface area contributed by atoms with Gasteiger partial charge in [0.05, 0.1) is 0 Å². The van der Waals surface area contributed by atoms with Crippen LogP contribution in [0.1, 0.15) is 400 Å². The van der Waals surface area contributed by atoms with E-state index in [0.29, 0.717) is 19.3 Å². The van der Waals surface area contributed by atoms with E-state index in [0.717, 1.165) is 83.5 Å². The van der Waals surface area contributed by atoms with Crippen molar-refractivity contribution >= 4 is 17.9 Å². The third-order valence-corrected chi connectivity index (χ3v) is 16.6. The van der Waals surface area contributed by atoms with E-state index >= 15 is 0 Å². The van der Waals surface area contributed by atoms with E-state index < -0.39 is 6.10 Å². The van der Waals surface area contributed by atoms with Crippen molar-refractivity contribution in [3.8, 4) is 0 Å². The quantitative estimate of drug-likeness (QED) is 0.0261. The molecule has 0 amide bonds. The highest BCUT2D eigenvalue weighted by atomic mass is 16.6. The lowest BCUT2D eigenvalue weighted by molar-refractivity contribution is -0.167. The molecular weight excluding hydrogens is 1010 g/mol. The average molecular weight is 1150 g/mol. The van der Waals surface area contributed by atoms with E-state index in [1.54, 1.807) is 0 Å². The Balaban J connectivity index is 4.27. The molecule has 1 atom stereocenters. The van der Waals surface area contributed by atoms with Crippen molar-refractivity contribution in [1.82, 2.24) is 0 Å². The van der Waals surface area contributed by atoms with Crippen molar-refractivity contribution in [3.63, 3.8) is 0 Å². The zero-order chi connectivity index (χ0) is 59.2. The Morgan fingerprint density at radius 3 is 0.683 bits per heavy atom. The number of allylic oxidation sites excluding steroid dienone is 8. The first-order chi connectivity index (χ1) is 40.5. The molecule has 0 aliphatic heterocycles. The summed E-state index contributed by atoms with van der Waals surface area (Å²) in [7, 11) is 0. The second-order valence-electron chi connectivity index (χ2n) is 24.9. The van der Waals surface area contributed by atoms with Crippen LogP contribution in [0.2, 0.25) is 0 Å². The van der Waals surface area contributed by atoms with E-state index in [4.69, 9.17) is 14.2 Å². The van der Waals surface area contributed by atoms with Gasteiger partial charge in [-0.15, -0.1) is 0 Å². The van der Waals surface area contributed by atoms with E-state index in [1.165, 1.54) is 276 Å². The van der Waals surface area contributed by atoms with Gasteiger partial charge in [0.25, 0.3) is 0 Å². The highest BCUT2D eigenvalue weighted by Gasteiger charge is 2.19. The van der Waals surface area contributed by atoms with Crippen LogP contribution < -0.4 is 0 Å². The number of ether oxygens (including phenoxy) is 3. The van der Waals surface area contributed by atoms with Gasteiger partial charge in [-0.1, -0.05) is 345 Å². The van der Waals surface area contributed by atoms with Gasteiger partial charge in [-0.3, -0.25) is 14.4 Å². The summed E-state index contributed by atoms with van der Waals surface area (Å²) in [6, 6.07) is 0. The molecule has 0 aliphatic carbocycles. The Morgan fingerprint density at radius 1 is 0.244 bits per heavy atom. The first kappa shape index (κ1) is 79.4. The normalized spacial score (nSPS) is 12.3. The Bertz CT molecular complexity index is 1410. The molecule has 0 saturated heterocycles. The first-order valence-corrected chi connectivity index (χ1v) is 36.6. The summed E-state index contributed by atoms with van der Waals surface area (Å²) in [6.45, 7) is 6.68. The molecular formula is C76H140O6. The predicted octanol–water partition coefficient (Wildman–Crippen LogP) is 25.3. The van der Waals surface area contributed by atoms with Crippen molar-refractivity contribution in [2.45, 2.75) is 406 Å². The number of hydrogen-bond donors (Lipinski definition) is 0. The van der Waals surface area contributed by atoms with E-state index in [9.17, 15) is 14.4 Å². The van der Waals surface area contributed by atoms with Gasteiger partial charge in [0.1, 0.15) is 13.2 Å². The molecule has 6 heteroatoms. The minimum absolute atomic E-state index is 0.0728. The summed E-state index contributed by atoms with van der Waals surface area (Å²) >= 11 is 0. The van der Waals surface area contributed by atoms with Crippen molar-refractivity contribution in [2.24, 2.45) is 0 Å². The fraction of sp³-hybridized carbons (Fsp3) is 0.855. The van der Waals surface area contributed by atoms with Gasteiger partial charge in [-0.05, 0) is 83.5 Å². The summed E-state index contributed by atoms with van der Waals surface area (Å²) in [5.41, 5.74) is 0. The predicted molar refractivity (Wildman–Crippen MR) is 358 cm³/mol. The Hall–Kier alpha value is -2.63. The number of hydrogen-bond acceptors (Lipinski definition) is 6. The van der Waals surface area contributed by atoms with Crippen LogP contribution in [0.4, 0.5) is 0 Å². The van der Waals surface area contributed by atoms with Crippen LogP contribution >= 0.6 is 0 Å². The topological polar surface area (TPSA) is 78.9 Å². The van der Waals surface area contributed by atoms with Crippen molar-refractivity contribution < 1.29 is 28.6 Å². The number of carbonyl (C=O) groups excluding carboxylic acids is 3. The summed E-state index contributed by atoms with van der Waals surface area (Å²) in [5, 5.41) is 0. The molecule has 0 fully saturated rings. The highest BCUT2D eigenvalue weighted by molar-refractivity contribution is 5.71. The SMILES string of the molecule is CCCCCC/C=C\C/C=C\CCCCCCCC(=O)OCC(COC(=O)CCCCCCCCCCCCCCCCC/C=C\C/C=C\CCCCCCC)OC(=O)CCCCCCCCCCCCCCCCCCCCCCC. The van der Waals surface area contributed by atoms with Crippen LogP contribution in [0.3, 0.4) is 0 Å². The van der Waals surface area contributed by atoms with E-state index in [1.807, 2.05) is 0 Å². The molecule has 0 aromatic heterocycles. The number of unbranched alkanes of at least 4 members (excludes halogenated alkanes) is 49. The van der Waals surface area contributed by atoms with Gasteiger partial charge in [0.15, 0.2) is 6.10 Å². The lowest BCUT2D eigenvalue weighted by Crippen LogP contribution is -2.30. The number of rotatable bonds is 68. The second kappa shape index (κ2) is 70.9. The molecule has 0 aliphatic rings. The lowest BCUT2D eigenvalue weighted by Gasteiger charge is -2.18. The third kappa shape index (κ3) is 68.2. The summed E-state index contributed by atoms with van der Waals surface area (Å²) < 4.78 is 17.0. The monoisotopic (exact) mass is 1150 g/mol. The van der Waals surface area contributed by atoms with Crippen LogP contribution in [0.15, 0.2) is 48.6 Å². The second-order valence-corrected chi connectivity index (χ2v) is 24.9. The Labute approximate surface area is 511 Å². The third-order valence-electron chi connectivity index (χ3n) is 16.6. The molecule has 0 aromatic carbocycles. The number of carbonyl (C=O) groups is 3. The maximum atomic E-state index is 13.0. The molecule has 82 heavy (non-hydrogen) atoms. The van der Waals surface area contributed by atoms with Crippen molar-refractivity contribution in [2.75, 3.05) is 13.2 Å². The molecule has 0 rings (SSSR count). The first-order valence-electron chi connectivity index (χ1n) is 36.6. The van der Waals surface area contributed by atoms with Crippen molar-refractivity contribution in [3.05, 3.63) is 48.6 Å². The van der Waals surface area contributed by atoms with Gasteiger partial charge in [0.2, 0.25) is 0 Å². The minimum Gasteiger partial charge on any atom is -0.462 e. The van der Waals surface area contributed by atoms with Gasteiger partial charge in [0, 0.05) is 19.3 Å². The molecule has 0 N–H and O–H groups in total. The maximum absolute atomic E-state index is 13.0. The zero-order valence-electron chi connectivity index (χ0n) is 55.3. The van der Waals surface area contributed by atoms with Crippen LogP contribution in [0, 0.1) is 0 Å². The maximum Gasteiger partial charge on any atom is 0.306 e. The molecule has 6 nitrogen and oxygen atoms in total. The Morgan fingerprint density at radius 2 is 0.439 bits per heavy atom. The fourth-order valence-electron chi connectivity index (χ4n) is 11.0. The summed E-state index contributed by atoms with van der Waals surface area (Å²) in [5.74, 6) is -0.857. The fourth-order valence-corrected chi connectivity index (χ4v) is 11.0. The smallest absolute Gasteiger partial charge is 0.306 e. The number of esters is 3. The van der Waals surface area contributed by atoms with Crippen LogP contribution in [0.25, 0.3) is 0 Å². The minimum atomic E-state index is -0.778. The molecule has 0 aromatic rings. The summed E-state index contributed by atoms with van der Waals surface area (Å²) in [4.78, 5) is 38.5. The van der Waals surface area contributed by atoms with Crippen LogP contribution in [0.5, 0.6) is 0 Å². The largest absolute Gasteiger partial charge is 0.462 e. The molecule has 480 valence electrons. The van der Waals surface area contributed by atoms with Crippen LogP contribution in [-0.2, 0) is 28.6 Å².